The second kappa shape index (κ2) is 13.1. The SMILES string of the molecule is CCCCCCNCCOc1ccc2c(c1)nc(NC(=O)c1cccc(C(F)(F)F)c1)n2C1CCCCC1. The Balaban J connectivity index is 1.49. The van der Waals surface area contributed by atoms with Crippen LogP contribution in [0.15, 0.2) is 42.5 Å². The average molecular weight is 531 g/mol. The first-order valence-electron chi connectivity index (χ1n) is 13.7. The third-order valence-corrected chi connectivity index (χ3v) is 7.03. The Hall–Kier alpha value is -3.07. The summed E-state index contributed by atoms with van der Waals surface area (Å²) in [7, 11) is 0. The number of benzene rings is 2. The van der Waals surface area contributed by atoms with Crippen LogP contribution in [0.5, 0.6) is 5.75 Å². The third-order valence-electron chi connectivity index (χ3n) is 7.03. The molecule has 0 unspecified atom stereocenters. The topological polar surface area (TPSA) is 68.2 Å². The zero-order chi connectivity index (χ0) is 27.0. The number of nitrogens with zero attached hydrogens (tertiary/aromatic N) is 2. The number of rotatable bonds is 12. The smallest absolute Gasteiger partial charge is 0.416 e. The lowest BCUT2D eigenvalue weighted by Crippen LogP contribution is -2.22. The van der Waals surface area contributed by atoms with Crippen molar-refractivity contribution in [2.24, 2.45) is 0 Å². The number of imidazole rings is 1. The molecule has 6 nitrogen and oxygen atoms in total. The fourth-order valence-electron chi connectivity index (χ4n) is 5.02. The summed E-state index contributed by atoms with van der Waals surface area (Å²) in [5.41, 5.74) is 0.633. The van der Waals surface area contributed by atoms with E-state index < -0.39 is 17.6 Å². The molecule has 0 aliphatic heterocycles. The maximum absolute atomic E-state index is 13.2. The van der Waals surface area contributed by atoms with Gasteiger partial charge in [0.25, 0.3) is 5.91 Å². The van der Waals surface area contributed by atoms with Crippen LogP contribution in [-0.2, 0) is 6.18 Å². The number of carbonyl (C=O) groups excluding carboxylic acids is 1. The van der Waals surface area contributed by atoms with Crippen LogP contribution in [0.2, 0.25) is 0 Å². The van der Waals surface area contributed by atoms with Crippen LogP contribution in [-0.4, -0.2) is 35.2 Å². The Morgan fingerprint density at radius 1 is 1.05 bits per heavy atom. The first-order chi connectivity index (χ1) is 18.4. The standard InChI is InChI=1S/C29H37F3N4O2/c1-2-3-4-8-16-33-17-18-38-24-14-15-26-25(20-24)34-28(36(26)23-12-6-5-7-13-23)35-27(37)21-10-9-11-22(19-21)29(30,31)32/h9-11,14-15,19-20,23,33H,2-8,12-13,16-18H2,1H3,(H,34,35,37). The quantitative estimate of drug-likeness (QED) is 0.240. The van der Waals surface area contributed by atoms with Gasteiger partial charge in [0.05, 0.1) is 16.6 Å². The van der Waals surface area contributed by atoms with Gasteiger partial charge in [0.15, 0.2) is 0 Å². The number of carbonyl (C=O) groups is 1. The summed E-state index contributed by atoms with van der Waals surface area (Å²) in [6.07, 6.45) is 5.60. The molecule has 206 valence electrons. The molecule has 9 heteroatoms. The van der Waals surface area contributed by atoms with E-state index in [2.05, 4.69) is 22.5 Å². The Labute approximate surface area is 222 Å². The molecule has 2 N–H and O–H groups in total. The minimum absolute atomic E-state index is 0.0618. The Morgan fingerprint density at radius 2 is 1.87 bits per heavy atom. The molecule has 0 radical (unpaired) electrons. The molecule has 0 saturated heterocycles. The Bertz CT molecular complexity index is 1200. The molecule has 1 fully saturated rings. The van der Waals surface area contributed by atoms with E-state index in [0.717, 1.165) is 62.8 Å². The highest BCUT2D eigenvalue weighted by atomic mass is 19.4. The normalized spacial score (nSPS) is 14.6. The van der Waals surface area contributed by atoms with E-state index in [4.69, 9.17) is 4.74 Å². The first-order valence-corrected chi connectivity index (χ1v) is 13.7. The van der Waals surface area contributed by atoms with Gasteiger partial charge in [-0.1, -0.05) is 51.5 Å². The summed E-state index contributed by atoms with van der Waals surface area (Å²) >= 11 is 0. The predicted octanol–water partition coefficient (Wildman–Crippen LogP) is 7.36. The van der Waals surface area contributed by atoms with Crippen molar-refractivity contribution < 1.29 is 22.7 Å². The molecule has 1 saturated carbocycles. The zero-order valence-corrected chi connectivity index (χ0v) is 21.9. The number of hydrogen-bond donors (Lipinski definition) is 2. The molecule has 38 heavy (non-hydrogen) atoms. The maximum atomic E-state index is 13.2. The van der Waals surface area contributed by atoms with Crippen molar-refractivity contribution in [1.29, 1.82) is 0 Å². The van der Waals surface area contributed by atoms with E-state index >= 15 is 0 Å². The highest BCUT2D eigenvalue weighted by Gasteiger charge is 2.31. The molecule has 4 rings (SSSR count). The zero-order valence-electron chi connectivity index (χ0n) is 21.9. The molecule has 1 amide bonds. The van der Waals surface area contributed by atoms with Crippen LogP contribution < -0.4 is 15.4 Å². The fourth-order valence-corrected chi connectivity index (χ4v) is 5.02. The largest absolute Gasteiger partial charge is 0.492 e. The molecule has 2 aromatic carbocycles. The molecule has 3 aromatic rings. The molecular weight excluding hydrogens is 493 g/mol. The number of alkyl halides is 3. The molecule has 1 aliphatic rings. The van der Waals surface area contributed by atoms with Gasteiger partial charge in [-0.2, -0.15) is 13.2 Å². The van der Waals surface area contributed by atoms with Crippen molar-refractivity contribution in [2.45, 2.75) is 76.9 Å². The van der Waals surface area contributed by atoms with E-state index in [0.29, 0.717) is 23.8 Å². The van der Waals surface area contributed by atoms with Gasteiger partial charge < -0.3 is 14.6 Å². The summed E-state index contributed by atoms with van der Waals surface area (Å²) in [6, 6.07) is 10.3. The lowest BCUT2D eigenvalue weighted by Gasteiger charge is -2.25. The van der Waals surface area contributed by atoms with Gasteiger partial charge in [-0.25, -0.2) is 4.98 Å². The Morgan fingerprint density at radius 3 is 2.63 bits per heavy atom. The molecule has 0 spiro atoms. The monoisotopic (exact) mass is 530 g/mol. The van der Waals surface area contributed by atoms with Crippen LogP contribution in [0, 0.1) is 0 Å². The van der Waals surface area contributed by atoms with Crippen LogP contribution >= 0.6 is 0 Å². The summed E-state index contributed by atoms with van der Waals surface area (Å²) in [6.45, 7) is 4.45. The number of aromatic nitrogens is 2. The van der Waals surface area contributed by atoms with E-state index in [9.17, 15) is 18.0 Å². The second-order valence-corrected chi connectivity index (χ2v) is 9.94. The van der Waals surface area contributed by atoms with Crippen LogP contribution in [0.25, 0.3) is 11.0 Å². The first kappa shape index (κ1) is 28.0. The number of hydrogen-bond acceptors (Lipinski definition) is 4. The van der Waals surface area contributed by atoms with Gasteiger partial charge >= 0.3 is 6.18 Å². The molecule has 1 heterocycles. The molecule has 0 atom stereocenters. The molecule has 0 bridgehead atoms. The van der Waals surface area contributed by atoms with E-state index in [1.165, 1.54) is 37.8 Å². The van der Waals surface area contributed by atoms with Crippen molar-refractivity contribution in [3.63, 3.8) is 0 Å². The molecule has 1 aromatic heterocycles. The number of anilines is 1. The van der Waals surface area contributed by atoms with Gasteiger partial charge in [0, 0.05) is 24.2 Å². The summed E-state index contributed by atoms with van der Waals surface area (Å²) in [5.74, 6) is 0.416. The van der Waals surface area contributed by atoms with Crippen molar-refractivity contribution in [3.8, 4) is 5.75 Å². The van der Waals surface area contributed by atoms with E-state index in [1.54, 1.807) is 0 Å². The number of ether oxygens (including phenoxy) is 1. The van der Waals surface area contributed by atoms with Gasteiger partial charge in [-0.3, -0.25) is 10.1 Å². The molecular formula is C29H37F3N4O2. The predicted molar refractivity (Wildman–Crippen MR) is 144 cm³/mol. The molecule has 1 aliphatic carbocycles. The lowest BCUT2D eigenvalue weighted by molar-refractivity contribution is -0.137. The van der Waals surface area contributed by atoms with Crippen molar-refractivity contribution in [2.75, 3.05) is 25.0 Å². The van der Waals surface area contributed by atoms with Gasteiger partial charge in [0.1, 0.15) is 12.4 Å². The average Bonchev–Trinajstić information content (AvgIpc) is 3.27. The summed E-state index contributed by atoms with van der Waals surface area (Å²) in [4.78, 5) is 17.7. The summed E-state index contributed by atoms with van der Waals surface area (Å²) < 4.78 is 47.5. The number of nitrogens with one attached hydrogen (secondary N) is 2. The maximum Gasteiger partial charge on any atom is 0.416 e. The Kier molecular flexibility index (Phi) is 9.66. The van der Waals surface area contributed by atoms with Gasteiger partial charge in [-0.05, 0) is 56.1 Å². The van der Waals surface area contributed by atoms with Gasteiger partial charge in [0.2, 0.25) is 5.95 Å². The van der Waals surface area contributed by atoms with Gasteiger partial charge in [-0.15, -0.1) is 0 Å². The van der Waals surface area contributed by atoms with Crippen molar-refractivity contribution >= 4 is 22.9 Å². The van der Waals surface area contributed by atoms with Crippen molar-refractivity contribution in [3.05, 3.63) is 53.6 Å². The fraction of sp³-hybridized carbons (Fsp3) is 0.517. The lowest BCUT2D eigenvalue weighted by atomic mass is 9.95. The van der Waals surface area contributed by atoms with Crippen LogP contribution in [0.1, 0.15) is 86.7 Å². The third kappa shape index (κ3) is 7.28. The number of amides is 1. The van der Waals surface area contributed by atoms with Crippen molar-refractivity contribution in [1.82, 2.24) is 14.9 Å². The number of fused-ring (bicyclic) bond motifs is 1. The minimum atomic E-state index is -4.52. The van der Waals surface area contributed by atoms with E-state index in [1.807, 2.05) is 22.8 Å². The minimum Gasteiger partial charge on any atom is -0.492 e. The number of halogens is 3. The summed E-state index contributed by atoms with van der Waals surface area (Å²) in [5, 5.41) is 6.18. The number of unbranched alkanes of at least 4 members (excludes halogenated alkanes) is 3. The van der Waals surface area contributed by atoms with Crippen LogP contribution in [0.4, 0.5) is 19.1 Å². The second-order valence-electron chi connectivity index (χ2n) is 9.94. The highest BCUT2D eigenvalue weighted by molar-refractivity contribution is 6.04. The van der Waals surface area contributed by atoms with E-state index in [-0.39, 0.29) is 11.6 Å². The van der Waals surface area contributed by atoms with Crippen LogP contribution in [0.3, 0.4) is 0 Å². The highest BCUT2D eigenvalue weighted by Crippen LogP contribution is 2.36.